The molecule has 0 saturated carbocycles. The maximum Gasteiger partial charge on any atom is 0.321 e. The van der Waals surface area contributed by atoms with Gasteiger partial charge in [0.2, 0.25) is 0 Å². The molecule has 1 fully saturated rings. The summed E-state index contributed by atoms with van der Waals surface area (Å²) in [6.07, 6.45) is 0. The predicted molar refractivity (Wildman–Crippen MR) is 60.4 cm³/mol. The molecule has 84 valence electrons. The highest BCUT2D eigenvalue weighted by atomic mass is 16.2. The summed E-state index contributed by atoms with van der Waals surface area (Å²) in [6, 6.07) is 6.21. The second kappa shape index (κ2) is 4.09. The van der Waals surface area contributed by atoms with Crippen LogP contribution in [0, 0.1) is 0 Å². The van der Waals surface area contributed by atoms with Gasteiger partial charge in [-0.05, 0) is 24.3 Å². The number of urea groups is 2. The molecule has 4 amide bonds. The summed E-state index contributed by atoms with van der Waals surface area (Å²) in [7, 11) is 0. The van der Waals surface area contributed by atoms with Gasteiger partial charge in [-0.15, -0.1) is 0 Å². The monoisotopic (exact) mass is 220 g/mol. The fourth-order valence-corrected chi connectivity index (χ4v) is 1.58. The molecule has 4 N–H and O–H groups in total. The number of nitrogens with zero attached hydrogens (tertiary/aromatic N) is 1. The SMILES string of the molecule is NC(=O)Nc1ccc(N2CCNC2=O)cc1. The Balaban J connectivity index is 2.12. The second-order valence-corrected chi connectivity index (χ2v) is 3.42. The molecule has 16 heavy (non-hydrogen) atoms. The number of hydrogen-bond acceptors (Lipinski definition) is 2. The van der Waals surface area contributed by atoms with Crippen LogP contribution in [0.1, 0.15) is 0 Å². The van der Waals surface area contributed by atoms with E-state index in [4.69, 9.17) is 5.73 Å². The Morgan fingerprint density at radius 3 is 2.56 bits per heavy atom. The number of nitrogens with two attached hydrogens (primary N) is 1. The first kappa shape index (κ1) is 10.3. The standard InChI is InChI=1S/C10H12N4O2/c11-9(15)13-7-1-3-8(4-2-7)14-6-5-12-10(14)16/h1-4H,5-6H2,(H,12,16)(H3,11,13,15). The van der Waals surface area contributed by atoms with Crippen LogP contribution in [0.4, 0.5) is 21.0 Å². The van der Waals surface area contributed by atoms with Crippen LogP contribution < -0.4 is 21.3 Å². The number of nitrogens with one attached hydrogen (secondary N) is 2. The molecule has 1 aromatic rings. The highest BCUT2D eigenvalue weighted by Gasteiger charge is 2.20. The van der Waals surface area contributed by atoms with Gasteiger partial charge in [0, 0.05) is 24.5 Å². The summed E-state index contributed by atoms with van der Waals surface area (Å²) < 4.78 is 0. The lowest BCUT2D eigenvalue weighted by atomic mass is 10.2. The largest absolute Gasteiger partial charge is 0.351 e. The Hall–Kier alpha value is -2.24. The zero-order valence-electron chi connectivity index (χ0n) is 8.56. The van der Waals surface area contributed by atoms with E-state index in [0.717, 1.165) is 5.69 Å². The third-order valence-corrected chi connectivity index (χ3v) is 2.30. The molecule has 6 heteroatoms. The van der Waals surface area contributed by atoms with Crippen LogP contribution >= 0.6 is 0 Å². The van der Waals surface area contributed by atoms with Crippen LogP contribution in [0.25, 0.3) is 0 Å². The van der Waals surface area contributed by atoms with Crippen molar-refractivity contribution in [1.82, 2.24) is 5.32 Å². The highest BCUT2D eigenvalue weighted by Crippen LogP contribution is 2.19. The van der Waals surface area contributed by atoms with Crippen molar-refractivity contribution in [1.29, 1.82) is 0 Å². The first-order valence-corrected chi connectivity index (χ1v) is 4.89. The van der Waals surface area contributed by atoms with Crippen LogP contribution in [-0.2, 0) is 0 Å². The Kier molecular flexibility index (Phi) is 2.63. The molecule has 1 saturated heterocycles. The third-order valence-electron chi connectivity index (χ3n) is 2.30. The van der Waals surface area contributed by atoms with E-state index >= 15 is 0 Å². The van der Waals surface area contributed by atoms with Crippen LogP contribution in [0.5, 0.6) is 0 Å². The van der Waals surface area contributed by atoms with Crippen molar-refractivity contribution < 1.29 is 9.59 Å². The molecule has 1 aromatic carbocycles. The first-order chi connectivity index (χ1) is 7.66. The minimum absolute atomic E-state index is 0.101. The summed E-state index contributed by atoms with van der Waals surface area (Å²) in [6.45, 7) is 1.31. The van der Waals surface area contributed by atoms with E-state index < -0.39 is 6.03 Å². The molecule has 0 bridgehead atoms. The number of anilines is 2. The molecule has 0 spiro atoms. The number of carbonyl (C=O) groups excluding carboxylic acids is 2. The minimum atomic E-state index is -0.605. The van der Waals surface area contributed by atoms with E-state index in [1.807, 2.05) is 0 Å². The Morgan fingerprint density at radius 2 is 2.06 bits per heavy atom. The Labute approximate surface area is 92.4 Å². The average molecular weight is 220 g/mol. The fraction of sp³-hybridized carbons (Fsp3) is 0.200. The van der Waals surface area contributed by atoms with Gasteiger partial charge in [0.1, 0.15) is 0 Å². The molecule has 0 aromatic heterocycles. The van der Waals surface area contributed by atoms with Gasteiger partial charge in [0.05, 0.1) is 0 Å². The lowest BCUT2D eigenvalue weighted by Gasteiger charge is -2.14. The summed E-state index contributed by atoms with van der Waals surface area (Å²) in [5.41, 5.74) is 6.39. The van der Waals surface area contributed by atoms with Crippen molar-refractivity contribution in [2.45, 2.75) is 0 Å². The van der Waals surface area contributed by atoms with E-state index in [9.17, 15) is 9.59 Å². The maximum atomic E-state index is 11.4. The van der Waals surface area contributed by atoms with E-state index in [0.29, 0.717) is 18.8 Å². The zero-order valence-corrected chi connectivity index (χ0v) is 8.56. The lowest BCUT2D eigenvalue weighted by molar-refractivity contribution is 0.252. The van der Waals surface area contributed by atoms with Crippen LogP contribution in [0.2, 0.25) is 0 Å². The van der Waals surface area contributed by atoms with Gasteiger partial charge in [-0.2, -0.15) is 0 Å². The maximum absolute atomic E-state index is 11.4. The highest BCUT2D eigenvalue weighted by molar-refractivity contribution is 5.94. The van der Waals surface area contributed by atoms with Gasteiger partial charge in [-0.3, -0.25) is 4.90 Å². The minimum Gasteiger partial charge on any atom is -0.351 e. The molecule has 6 nitrogen and oxygen atoms in total. The molecule has 1 aliphatic heterocycles. The quantitative estimate of drug-likeness (QED) is 0.685. The zero-order chi connectivity index (χ0) is 11.5. The molecular formula is C10H12N4O2. The van der Waals surface area contributed by atoms with Crippen LogP contribution in [0.3, 0.4) is 0 Å². The summed E-state index contributed by atoms with van der Waals surface area (Å²) in [4.78, 5) is 23.6. The third kappa shape index (κ3) is 2.05. The van der Waals surface area contributed by atoms with Gasteiger partial charge in [-0.1, -0.05) is 0 Å². The number of carbonyl (C=O) groups is 2. The van der Waals surface area contributed by atoms with Crippen LogP contribution in [0.15, 0.2) is 24.3 Å². The normalized spacial score (nSPS) is 14.8. The summed E-state index contributed by atoms with van der Waals surface area (Å²) >= 11 is 0. The number of rotatable bonds is 2. The fourth-order valence-electron chi connectivity index (χ4n) is 1.58. The van der Waals surface area contributed by atoms with E-state index in [2.05, 4.69) is 10.6 Å². The first-order valence-electron chi connectivity index (χ1n) is 4.89. The lowest BCUT2D eigenvalue weighted by Crippen LogP contribution is -2.27. The molecule has 0 atom stereocenters. The van der Waals surface area contributed by atoms with Crippen LogP contribution in [-0.4, -0.2) is 25.2 Å². The van der Waals surface area contributed by atoms with Gasteiger partial charge < -0.3 is 16.4 Å². The molecule has 0 aliphatic carbocycles. The number of primary amides is 1. The van der Waals surface area contributed by atoms with Gasteiger partial charge in [0.25, 0.3) is 0 Å². The number of hydrogen-bond donors (Lipinski definition) is 3. The molecular weight excluding hydrogens is 208 g/mol. The van der Waals surface area contributed by atoms with Crippen molar-refractivity contribution in [2.24, 2.45) is 5.73 Å². The topological polar surface area (TPSA) is 87.5 Å². The predicted octanol–water partition coefficient (Wildman–Crippen LogP) is 0.707. The van der Waals surface area contributed by atoms with E-state index in [1.54, 1.807) is 29.2 Å². The number of benzene rings is 1. The van der Waals surface area contributed by atoms with Crippen molar-refractivity contribution in [3.05, 3.63) is 24.3 Å². The molecule has 0 radical (unpaired) electrons. The van der Waals surface area contributed by atoms with E-state index in [1.165, 1.54) is 0 Å². The second-order valence-electron chi connectivity index (χ2n) is 3.42. The van der Waals surface area contributed by atoms with Crippen molar-refractivity contribution >= 4 is 23.4 Å². The molecule has 2 rings (SSSR count). The number of amides is 4. The van der Waals surface area contributed by atoms with Gasteiger partial charge in [0.15, 0.2) is 0 Å². The van der Waals surface area contributed by atoms with Crippen molar-refractivity contribution in [3.8, 4) is 0 Å². The van der Waals surface area contributed by atoms with Gasteiger partial charge in [-0.25, -0.2) is 9.59 Å². The van der Waals surface area contributed by atoms with Crippen molar-refractivity contribution in [3.63, 3.8) is 0 Å². The summed E-state index contributed by atoms with van der Waals surface area (Å²) in [5.74, 6) is 0. The van der Waals surface area contributed by atoms with Gasteiger partial charge >= 0.3 is 12.1 Å². The summed E-state index contributed by atoms with van der Waals surface area (Å²) in [5, 5.41) is 5.17. The molecule has 1 heterocycles. The smallest absolute Gasteiger partial charge is 0.321 e. The average Bonchev–Trinajstić information content (AvgIpc) is 2.65. The van der Waals surface area contributed by atoms with E-state index in [-0.39, 0.29) is 6.03 Å². The van der Waals surface area contributed by atoms with Crippen molar-refractivity contribution in [2.75, 3.05) is 23.3 Å². The molecule has 0 unspecified atom stereocenters. The Morgan fingerprint density at radius 1 is 1.38 bits per heavy atom. The Bertz CT molecular complexity index is 415. The molecule has 1 aliphatic rings.